The molecular weight excluding hydrogens is 707 g/mol. The van der Waals surface area contributed by atoms with Crippen LogP contribution in [0, 0.1) is 0 Å². The average Bonchev–Trinajstić information content (AvgIpc) is 3.20. The third-order valence-corrected chi connectivity index (χ3v) is 11.0. The Morgan fingerprint density at radius 1 is 0.625 bits per heavy atom. The SMILES string of the molecule is C/C=C/CC/C=C/CC/C=C/C(O)C(COC1OC(CO)C(O)C(O)C1O)NC(=O)CCCCCCCCCCCCCCCCCCCCCCCCCC. The summed E-state index contributed by atoms with van der Waals surface area (Å²) in [6, 6.07) is -0.822. The van der Waals surface area contributed by atoms with Crippen LogP contribution in [0.15, 0.2) is 36.5 Å². The summed E-state index contributed by atoms with van der Waals surface area (Å²) in [6.07, 6.45) is 39.5. The fourth-order valence-electron chi connectivity index (χ4n) is 7.31. The highest BCUT2D eigenvalue weighted by atomic mass is 16.7. The lowest BCUT2D eigenvalue weighted by molar-refractivity contribution is -0.302. The molecule has 0 bridgehead atoms. The smallest absolute Gasteiger partial charge is 0.220 e. The van der Waals surface area contributed by atoms with Crippen LogP contribution in [0.4, 0.5) is 0 Å². The van der Waals surface area contributed by atoms with Gasteiger partial charge >= 0.3 is 0 Å². The third kappa shape index (κ3) is 27.9. The first kappa shape index (κ1) is 52.4. The second-order valence-electron chi connectivity index (χ2n) is 16.2. The quantitative estimate of drug-likeness (QED) is 0.0268. The summed E-state index contributed by atoms with van der Waals surface area (Å²) in [6.45, 7) is 3.52. The van der Waals surface area contributed by atoms with E-state index >= 15 is 0 Å². The maximum Gasteiger partial charge on any atom is 0.220 e. The van der Waals surface area contributed by atoms with Gasteiger partial charge < -0.3 is 40.3 Å². The van der Waals surface area contributed by atoms with E-state index in [1.807, 2.05) is 19.1 Å². The molecule has 7 atom stereocenters. The molecule has 7 unspecified atom stereocenters. The van der Waals surface area contributed by atoms with Crippen LogP contribution in [0.5, 0.6) is 0 Å². The van der Waals surface area contributed by atoms with Gasteiger partial charge in [0, 0.05) is 6.42 Å². The summed E-state index contributed by atoms with van der Waals surface area (Å²) < 4.78 is 11.2. The Morgan fingerprint density at radius 3 is 1.50 bits per heavy atom. The number of hydrogen-bond donors (Lipinski definition) is 6. The van der Waals surface area contributed by atoms with Crippen molar-refractivity contribution < 1.29 is 39.8 Å². The summed E-state index contributed by atoms with van der Waals surface area (Å²) in [4.78, 5) is 12.9. The second-order valence-corrected chi connectivity index (χ2v) is 16.2. The minimum Gasteiger partial charge on any atom is -0.394 e. The zero-order valence-electron chi connectivity index (χ0n) is 35.9. The van der Waals surface area contributed by atoms with E-state index in [4.69, 9.17) is 9.47 Å². The number of ether oxygens (including phenoxy) is 2. The average molecular weight is 794 g/mol. The Hall–Kier alpha value is -1.59. The van der Waals surface area contributed by atoms with E-state index in [9.17, 15) is 30.3 Å². The molecule has 6 N–H and O–H groups in total. The topological polar surface area (TPSA) is 149 Å². The van der Waals surface area contributed by atoms with Gasteiger partial charge in [-0.25, -0.2) is 0 Å². The number of amides is 1. The number of allylic oxidation sites excluding steroid dienone is 5. The highest BCUT2D eigenvalue weighted by Crippen LogP contribution is 2.23. The van der Waals surface area contributed by atoms with E-state index in [0.717, 1.165) is 44.9 Å². The molecule has 0 aromatic carbocycles. The summed E-state index contributed by atoms with van der Waals surface area (Å²) >= 11 is 0. The molecule has 1 heterocycles. The van der Waals surface area contributed by atoms with Crippen LogP contribution in [0.2, 0.25) is 0 Å². The molecule has 1 aliphatic heterocycles. The van der Waals surface area contributed by atoms with E-state index in [0.29, 0.717) is 6.42 Å². The molecule has 0 radical (unpaired) electrons. The van der Waals surface area contributed by atoms with Crippen LogP contribution in [-0.4, -0.2) is 87.5 Å². The molecule has 1 rings (SSSR count). The summed E-state index contributed by atoms with van der Waals surface area (Å²) in [5.41, 5.74) is 0. The molecule has 1 amide bonds. The molecule has 1 aliphatic rings. The van der Waals surface area contributed by atoms with Gasteiger partial charge in [-0.15, -0.1) is 0 Å². The zero-order chi connectivity index (χ0) is 40.9. The van der Waals surface area contributed by atoms with Gasteiger partial charge in [0.2, 0.25) is 5.91 Å². The van der Waals surface area contributed by atoms with Gasteiger partial charge in [0.15, 0.2) is 6.29 Å². The highest BCUT2D eigenvalue weighted by molar-refractivity contribution is 5.76. The Labute approximate surface area is 342 Å². The first-order chi connectivity index (χ1) is 27.3. The van der Waals surface area contributed by atoms with Gasteiger partial charge in [0.1, 0.15) is 24.4 Å². The van der Waals surface area contributed by atoms with Crippen molar-refractivity contribution in [2.45, 2.75) is 243 Å². The lowest BCUT2D eigenvalue weighted by Crippen LogP contribution is -2.60. The Bertz CT molecular complexity index is 972. The predicted octanol–water partition coefficient (Wildman–Crippen LogP) is 9.67. The number of aliphatic hydroxyl groups excluding tert-OH is 5. The van der Waals surface area contributed by atoms with E-state index < -0.39 is 49.5 Å². The molecule has 0 saturated carbocycles. The van der Waals surface area contributed by atoms with Crippen molar-refractivity contribution >= 4 is 5.91 Å². The molecule has 0 spiro atoms. The highest BCUT2D eigenvalue weighted by Gasteiger charge is 2.44. The van der Waals surface area contributed by atoms with Gasteiger partial charge in [-0.05, 0) is 39.0 Å². The van der Waals surface area contributed by atoms with Crippen molar-refractivity contribution in [2.24, 2.45) is 0 Å². The van der Waals surface area contributed by atoms with Gasteiger partial charge in [-0.3, -0.25) is 4.79 Å². The van der Waals surface area contributed by atoms with Crippen molar-refractivity contribution in [2.75, 3.05) is 13.2 Å². The molecule has 0 aromatic heterocycles. The van der Waals surface area contributed by atoms with E-state index in [2.05, 4.69) is 30.5 Å². The molecule has 9 nitrogen and oxygen atoms in total. The summed E-state index contributed by atoms with van der Waals surface area (Å²) in [5.74, 6) is -0.192. The summed E-state index contributed by atoms with van der Waals surface area (Å²) in [5, 5.41) is 53.9. The Kier molecular flexibility index (Phi) is 35.3. The maximum absolute atomic E-state index is 12.9. The van der Waals surface area contributed by atoms with Crippen molar-refractivity contribution in [1.29, 1.82) is 0 Å². The van der Waals surface area contributed by atoms with Crippen molar-refractivity contribution in [1.82, 2.24) is 5.32 Å². The number of nitrogens with one attached hydrogen (secondary N) is 1. The largest absolute Gasteiger partial charge is 0.394 e. The molecule has 0 aromatic rings. The summed E-state index contributed by atoms with van der Waals surface area (Å²) in [7, 11) is 0. The standard InChI is InChI=1S/C47H87NO8/c1-3-5-7-9-11-13-14-15-16-17-18-19-20-21-22-23-24-25-26-27-29-31-33-35-37-43(51)48-40(41(50)36-34-32-30-28-12-10-8-6-4-2)39-55-47-46(54)45(53)44(52)42(38-49)56-47/h4,6,12,28,34,36,40-42,44-47,49-50,52-54H,3,5,7-11,13-27,29-33,35,37-39H2,1-2H3,(H,48,51)/b6-4+,28-12+,36-34+. The number of aliphatic hydroxyl groups is 5. The van der Waals surface area contributed by atoms with Gasteiger partial charge in [0.25, 0.3) is 0 Å². The normalized spacial score (nSPS) is 21.4. The van der Waals surface area contributed by atoms with E-state index in [1.165, 1.54) is 135 Å². The van der Waals surface area contributed by atoms with Crippen LogP contribution in [0.25, 0.3) is 0 Å². The minimum absolute atomic E-state index is 0.192. The Morgan fingerprint density at radius 2 is 1.05 bits per heavy atom. The van der Waals surface area contributed by atoms with Crippen LogP contribution < -0.4 is 5.32 Å². The van der Waals surface area contributed by atoms with Gasteiger partial charge in [-0.1, -0.05) is 191 Å². The molecular formula is C47H87NO8. The minimum atomic E-state index is -1.57. The molecule has 56 heavy (non-hydrogen) atoms. The molecule has 0 aliphatic carbocycles. The fourth-order valence-corrected chi connectivity index (χ4v) is 7.31. The number of rotatable bonds is 38. The van der Waals surface area contributed by atoms with Crippen molar-refractivity contribution in [3.63, 3.8) is 0 Å². The number of carbonyl (C=O) groups is 1. The third-order valence-electron chi connectivity index (χ3n) is 11.0. The number of unbranched alkanes of at least 4 members (excludes halogenated alkanes) is 25. The molecule has 1 fully saturated rings. The lowest BCUT2D eigenvalue weighted by atomic mass is 9.99. The number of hydrogen-bond acceptors (Lipinski definition) is 8. The van der Waals surface area contributed by atoms with Crippen molar-refractivity contribution in [3.05, 3.63) is 36.5 Å². The van der Waals surface area contributed by atoms with Crippen LogP contribution in [0.3, 0.4) is 0 Å². The maximum atomic E-state index is 12.9. The van der Waals surface area contributed by atoms with Crippen LogP contribution in [-0.2, 0) is 14.3 Å². The second kappa shape index (κ2) is 37.7. The molecule has 1 saturated heterocycles. The van der Waals surface area contributed by atoms with Crippen molar-refractivity contribution in [3.8, 4) is 0 Å². The molecule has 9 heteroatoms. The van der Waals surface area contributed by atoms with Crippen LogP contribution in [0.1, 0.15) is 200 Å². The van der Waals surface area contributed by atoms with E-state index in [1.54, 1.807) is 6.08 Å². The first-order valence-electron chi connectivity index (χ1n) is 23.2. The fraction of sp³-hybridized carbons (Fsp3) is 0.851. The molecule has 328 valence electrons. The number of carbonyl (C=O) groups excluding carboxylic acids is 1. The Balaban J connectivity index is 2.21. The monoisotopic (exact) mass is 794 g/mol. The predicted molar refractivity (Wildman–Crippen MR) is 230 cm³/mol. The van der Waals surface area contributed by atoms with Gasteiger partial charge in [0.05, 0.1) is 25.4 Å². The van der Waals surface area contributed by atoms with Gasteiger partial charge in [-0.2, -0.15) is 0 Å². The van der Waals surface area contributed by atoms with E-state index in [-0.39, 0.29) is 12.5 Å². The zero-order valence-corrected chi connectivity index (χ0v) is 35.9. The lowest BCUT2D eigenvalue weighted by Gasteiger charge is -2.40. The van der Waals surface area contributed by atoms with Crippen LogP contribution >= 0.6 is 0 Å². The first-order valence-corrected chi connectivity index (χ1v) is 23.2.